The summed E-state index contributed by atoms with van der Waals surface area (Å²) in [5.41, 5.74) is 1.54. The minimum Gasteiger partial charge on any atom is -0.266 e. The average Bonchev–Trinajstić information content (AvgIpc) is 2.78. The maximum atomic E-state index is 11.5. The lowest BCUT2D eigenvalue weighted by Gasteiger charge is -1.98. The van der Waals surface area contributed by atoms with Crippen molar-refractivity contribution < 1.29 is 0 Å². The van der Waals surface area contributed by atoms with E-state index < -0.39 is 0 Å². The summed E-state index contributed by atoms with van der Waals surface area (Å²) in [5, 5.41) is 11.2. The zero-order valence-corrected chi connectivity index (χ0v) is 10.4. The molecule has 1 aromatic carbocycles. The van der Waals surface area contributed by atoms with Crippen molar-refractivity contribution in [3.05, 3.63) is 51.0 Å². The number of hydrogen-bond donors (Lipinski definition) is 1. The van der Waals surface area contributed by atoms with E-state index >= 15 is 0 Å². The summed E-state index contributed by atoms with van der Waals surface area (Å²) in [6, 6.07) is 6.84. The molecule has 0 aliphatic rings. The van der Waals surface area contributed by atoms with Crippen molar-refractivity contribution in [2.24, 2.45) is 0 Å². The second-order valence-electron chi connectivity index (χ2n) is 3.67. The molecule has 5 nitrogen and oxygen atoms in total. The normalized spacial score (nSPS) is 11.0. The lowest BCUT2D eigenvalue weighted by atomic mass is 10.1. The van der Waals surface area contributed by atoms with Crippen molar-refractivity contribution in [3.63, 3.8) is 0 Å². The van der Waals surface area contributed by atoms with Gasteiger partial charge in [0.15, 0.2) is 0 Å². The molecule has 2 aromatic heterocycles. The largest absolute Gasteiger partial charge is 0.290 e. The van der Waals surface area contributed by atoms with Crippen LogP contribution in [0.2, 0.25) is 10.0 Å². The lowest BCUT2D eigenvalue weighted by Crippen LogP contribution is -2.10. The molecule has 3 rings (SSSR count). The highest BCUT2D eigenvalue weighted by Crippen LogP contribution is 2.27. The Hall–Kier alpha value is -1.85. The zero-order valence-electron chi connectivity index (χ0n) is 8.89. The number of H-pyrrole nitrogens is 1. The fourth-order valence-electron chi connectivity index (χ4n) is 1.65. The van der Waals surface area contributed by atoms with Crippen LogP contribution in [0, 0.1) is 0 Å². The highest BCUT2D eigenvalue weighted by atomic mass is 35.5. The standard InChI is InChI=1S/C11H6Cl2N4O/c12-7-2-1-6(3-8(7)13)9-4-10-11(18)15-14-5-17(10)16-9/h1-5H,(H,15,18). The Morgan fingerprint density at radius 3 is 2.72 bits per heavy atom. The molecule has 0 aliphatic carbocycles. The average molecular weight is 281 g/mol. The smallest absolute Gasteiger partial charge is 0.266 e. The van der Waals surface area contributed by atoms with Gasteiger partial charge in [-0.15, -0.1) is 0 Å². The monoisotopic (exact) mass is 280 g/mol. The van der Waals surface area contributed by atoms with Gasteiger partial charge in [-0.2, -0.15) is 10.2 Å². The third-order valence-corrected chi connectivity index (χ3v) is 3.26. The van der Waals surface area contributed by atoms with Crippen molar-refractivity contribution in [1.82, 2.24) is 19.8 Å². The summed E-state index contributed by atoms with van der Waals surface area (Å²) in [6.07, 6.45) is 1.43. The topological polar surface area (TPSA) is 63.0 Å². The van der Waals surface area contributed by atoms with Gasteiger partial charge in [0.2, 0.25) is 0 Å². The summed E-state index contributed by atoms with van der Waals surface area (Å²) in [6.45, 7) is 0. The van der Waals surface area contributed by atoms with Crippen LogP contribution in [0.3, 0.4) is 0 Å². The highest BCUT2D eigenvalue weighted by Gasteiger charge is 2.08. The molecule has 0 atom stereocenters. The molecule has 2 heterocycles. The van der Waals surface area contributed by atoms with Crippen LogP contribution in [0.25, 0.3) is 16.8 Å². The molecule has 0 spiro atoms. The molecular formula is C11H6Cl2N4O. The summed E-state index contributed by atoms with van der Waals surface area (Å²) in [5.74, 6) is 0. The Morgan fingerprint density at radius 2 is 2.00 bits per heavy atom. The first-order valence-electron chi connectivity index (χ1n) is 5.03. The van der Waals surface area contributed by atoms with Crippen LogP contribution in [0.4, 0.5) is 0 Å². The predicted molar refractivity (Wildman–Crippen MR) is 69.1 cm³/mol. The van der Waals surface area contributed by atoms with Crippen molar-refractivity contribution in [2.45, 2.75) is 0 Å². The summed E-state index contributed by atoms with van der Waals surface area (Å²) >= 11 is 11.8. The van der Waals surface area contributed by atoms with Gasteiger partial charge in [-0.25, -0.2) is 9.61 Å². The van der Waals surface area contributed by atoms with Crippen LogP contribution in [0.15, 0.2) is 35.4 Å². The fraction of sp³-hybridized carbons (Fsp3) is 0. The highest BCUT2D eigenvalue weighted by molar-refractivity contribution is 6.42. The van der Waals surface area contributed by atoms with E-state index in [4.69, 9.17) is 23.2 Å². The lowest BCUT2D eigenvalue weighted by molar-refractivity contribution is 0.848. The first kappa shape index (κ1) is 11.3. The van der Waals surface area contributed by atoms with E-state index in [9.17, 15) is 4.79 Å². The molecule has 7 heteroatoms. The van der Waals surface area contributed by atoms with Gasteiger partial charge in [0.1, 0.15) is 11.8 Å². The zero-order chi connectivity index (χ0) is 12.7. The van der Waals surface area contributed by atoms with Crippen LogP contribution in [0.1, 0.15) is 0 Å². The number of nitrogens with one attached hydrogen (secondary N) is 1. The van der Waals surface area contributed by atoms with E-state index in [0.717, 1.165) is 5.56 Å². The fourth-order valence-corrected chi connectivity index (χ4v) is 1.95. The van der Waals surface area contributed by atoms with E-state index in [0.29, 0.717) is 21.3 Å². The molecule has 0 amide bonds. The Labute approximate surface area is 111 Å². The molecule has 90 valence electrons. The van der Waals surface area contributed by atoms with Crippen molar-refractivity contribution >= 4 is 28.7 Å². The van der Waals surface area contributed by atoms with E-state index in [1.165, 1.54) is 10.8 Å². The summed E-state index contributed by atoms with van der Waals surface area (Å²) in [7, 11) is 0. The number of rotatable bonds is 1. The molecule has 0 bridgehead atoms. The maximum Gasteiger partial charge on any atom is 0.290 e. The van der Waals surface area contributed by atoms with Crippen LogP contribution in [0.5, 0.6) is 0 Å². The SMILES string of the molecule is O=c1[nH]ncn2nc(-c3ccc(Cl)c(Cl)c3)cc12. The Morgan fingerprint density at radius 1 is 1.17 bits per heavy atom. The molecular weight excluding hydrogens is 275 g/mol. The van der Waals surface area contributed by atoms with Crippen molar-refractivity contribution in [1.29, 1.82) is 0 Å². The van der Waals surface area contributed by atoms with Crippen LogP contribution < -0.4 is 5.56 Å². The number of hydrogen-bond acceptors (Lipinski definition) is 3. The van der Waals surface area contributed by atoms with Gasteiger partial charge in [-0.1, -0.05) is 29.3 Å². The first-order valence-corrected chi connectivity index (χ1v) is 5.79. The molecule has 0 saturated carbocycles. The third kappa shape index (κ3) is 1.77. The van der Waals surface area contributed by atoms with Crippen LogP contribution in [-0.2, 0) is 0 Å². The second kappa shape index (κ2) is 4.12. The van der Waals surface area contributed by atoms with Gasteiger partial charge in [-0.05, 0) is 18.2 Å². The quantitative estimate of drug-likeness (QED) is 0.745. The van der Waals surface area contributed by atoms with Crippen LogP contribution >= 0.6 is 23.2 Å². The predicted octanol–water partition coefficient (Wildman–Crippen LogP) is 2.39. The molecule has 1 N–H and O–H groups in total. The molecule has 0 radical (unpaired) electrons. The van der Waals surface area contributed by atoms with Gasteiger partial charge >= 0.3 is 0 Å². The molecule has 18 heavy (non-hydrogen) atoms. The van der Waals surface area contributed by atoms with E-state index in [1.54, 1.807) is 24.3 Å². The number of fused-ring (bicyclic) bond motifs is 1. The van der Waals surface area contributed by atoms with E-state index in [-0.39, 0.29) is 5.56 Å². The number of aromatic amines is 1. The van der Waals surface area contributed by atoms with Crippen LogP contribution in [-0.4, -0.2) is 19.8 Å². The maximum absolute atomic E-state index is 11.5. The number of nitrogens with zero attached hydrogens (tertiary/aromatic N) is 3. The van der Waals surface area contributed by atoms with Gasteiger partial charge in [0, 0.05) is 5.56 Å². The van der Waals surface area contributed by atoms with Crippen molar-refractivity contribution in [3.8, 4) is 11.3 Å². The Kier molecular flexibility index (Phi) is 2.57. The van der Waals surface area contributed by atoms with E-state index in [2.05, 4.69) is 15.3 Å². The number of aromatic nitrogens is 4. The molecule has 0 aliphatic heterocycles. The summed E-state index contributed by atoms with van der Waals surface area (Å²) in [4.78, 5) is 11.5. The van der Waals surface area contributed by atoms with Gasteiger partial charge < -0.3 is 0 Å². The van der Waals surface area contributed by atoms with Gasteiger partial charge in [0.05, 0.1) is 15.7 Å². The Bertz CT molecular complexity index is 793. The first-order chi connectivity index (χ1) is 8.65. The van der Waals surface area contributed by atoms with Gasteiger partial charge in [0.25, 0.3) is 5.56 Å². The second-order valence-corrected chi connectivity index (χ2v) is 4.49. The van der Waals surface area contributed by atoms with Gasteiger partial charge in [-0.3, -0.25) is 4.79 Å². The molecule has 0 fully saturated rings. The minimum absolute atomic E-state index is 0.295. The number of halogens is 2. The van der Waals surface area contributed by atoms with E-state index in [1.807, 2.05) is 0 Å². The summed E-state index contributed by atoms with van der Waals surface area (Å²) < 4.78 is 1.41. The molecule has 0 unspecified atom stereocenters. The molecule has 0 saturated heterocycles. The van der Waals surface area contributed by atoms with Crippen molar-refractivity contribution in [2.75, 3.05) is 0 Å². The number of benzene rings is 1. The Balaban J connectivity index is 2.22. The molecule has 3 aromatic rings. The third-order valence-electron chi connectivity index (χ3n) is 2.52. The minimum atomic E-state index is -0.295.